The molecule has 0 bridgehead atoms. The Bertz CT molecular complexity index is 285. The van der Waals surface area contributed by atoms with E-state index in [1.54, 1.807) is 23.1 Å². The summed E-state index contributed by atoms with van der Waals surface area (Å²) < 4.78 is 1.13. The van der Waals surface area contributed by atoms with Crippen molar-refractivity contribution < 1.29 is 9.90 Å². The molecule has 1 aromatic heterocycles. The zero-order valence-corrected chi connectivity index (χ0v) is 10.0. The molecule has 0 aliphatic carbocycles. The second-order valence-corrected chi connectivity index (χ2v) is 5.85. The van der Waals surface area contributed by atoms with E-state index in [-0.39, 0.29) is 6.42 Å². The fraction of sp³-hybridized carbons (Fsp3) is 0.375. The highest BCUT2D eigenvalue weighted by molar-refractivity contribution is 9.11. The highest BCUT2D eigenvalue weighted by atomic mass is 79.9. The molecule has 0 saturated carbocycles. The first kappa shape index (κ1) is 11.1. The fourth-order valence-corrected chi connectivity index (χ4v) is 2.95. The minimum absolute atomic E-state index is 0.246. The van der Waals surface area contributed by atoms with Crippen LogP contribution < -0.4 is 0 Å². The average Bonchev–Trinajstić information content (AvgIpc) is 2.45. The Morgan fingerprint density at radius 3 is 3.00 bits per heavy atom. The number of carboxylic acid groups (broad SMARTS) is 1. The number of carbonyl (C=O) groups is 1. The first-order chi connectivity index (χ1) is 6.18. The maximum Gasteiger partial charge on any atom is 0.304 e. The molecule has 0 fully saturated rings. The maximum atomic E-state index is 10.2. The molecular weight excluding hydrogens is 272 g/mol. The van der Waals surface area contributed by atoms with Crippen LogP contribution in [-0.2, 0) is 10.5 Å². The summed E-state index contributed by atoms with van der Waals surface area (Å²) >= 11 is 6.69. The van der Waals surface area contributed by atoms with E-state index in [4.69, 9.17) is 5.11 Å². The molecule has 1 aromatic rings. The third kappa shape index (κ3) is 4.69. The van der Waals surface area contributed by atoms with Gasteiger partial charge in [-0.1, -0.05) is 0 Å². The van der Waals surface area contributed by atoms with Crippen LogP contribution in [-0.4, -0.2) is 16.8 Å². The van der Waals surface area contributed by atoms with E-state index < -0.39 is 5.97 Å². The van der Waals surface area contributed by atoms with Crippen molar-refractivity contribution >= 4 is 45.0 Å². The molecule has 0 aliphatic rings. The number of hydrogen-bond acceptors (Lipinski definition) is 3. The molecule has 0 unspecified atom stereocenters. The highest BCUT2D eigenvalue weighted by Crippen LogP contribution is 2.23. The lowest BCUT2D eigenvalue weighted by molar-refractivity contribution is -0.136. The third-order valence-corrected chi connectivity index (χ3v) is 3.93. The Balaban J connectivity index is 2.16. The standard InChI is InChI=1S/C8H9BrO2S2/c9-7-3-6(5-13-7)4-12-2-1-8(10)11/h3,5H,1-2,4H2,(H,10,11). The molecule has 0 amide bonds. The van der Waals surface area contributed by atoms with E-state index in [0.29, 0.717) is 5.75 Å². The predicted molar refractivity (Wildman–Crippen MR) is 60.4 cm³/mol. The summed E-state index contributed by atoms with van der Waals surface area (Å²) in [4.78, 5) is 10.2. The second-order valence-electron chi connectivity index (χ2n) is 2.46. The number of thiophene rings is 1. The third-order valence-electron chi connectivity index (χ3n) is 1.35. The molecule has 1 heterocycles. The van der Waals surface area contributed by atoms with Crippen LogP contribution in [0.1, 0.15) is 12.0 Å². The van der Waals surface area contributed by atoms with Gasteiger partial charge in [0.25, 0.3) is 0 Å². The molecule has 13 heavy (non-hydrogen) atoms. The first-order valence-electron chi connectivity index (χ1n) is 3.71. The van der Waals surface area contributed by atoms with E-state index in [0.717, 1.165) is 9.54 Å². The van der Waals surface area contributed by atoms with Gasteiger partial charge in [0.1, 0.15) is 0 Å². The van der Waals surface area contributed by atoms with Crippen molar-refractivity contribution in [2.75, 3.05) is 5.75 Å². The van der Waals surface area contributed by atoms with Gasteiger partial charge in [0.2, 0.25) is 0 Å². The summed E-state index contributed by atoms with van der Waals surface area (Å²) in [5.74, 6) is 0.858. The van der Waals surface area contributed by atoms with Gasteiger partial charge in [0.05, 0.1) is 10.2 Å². The van der Waals surface area contributed by atoms with E-state index in [1.807, 2.05) is 0 Å². The Labute approximate surface area is 93.5 Å². The number of thioether (sulfide) groups is 1. The lowest BCUT2D eigenvalue weighted by Gasteiger charge is -1.95. The molecule has 0 saturated heterocycles. The number of halogens is 1. The molecule has 1 N–H and O–H groups in total. The number of aliphatic carboxylic acids is 1. The molecule has 0 aromatic carbocycles. The van der Waals surface area contributed by atoms with Gasteiger partial charge in [-0.25, -0.2) is 0 Å². The minimum atomic E-state index is -0.723. The normalized spacial score (nSPS) is 10.2. The molecule has 1 rings (SSSR count). The predicted octanol–water partition coefficient (Wildman–Crippen LogP) is 3.22. The topological polar surface area (TPSA) is 37.3 Å². The van der Waals surface area contributed by atoms with Crippen LogP contribution in [0.4, 0.5) is 0 Å². The Kier molecular flexibility index (Phi) is 4.83. The highest BCUT2D eigenvalue weighted by Gasteiger charge is 1.99. The zero-order chi connectivity index (χ0) is 9.68. The molecule has 0 radical (unpaired) electrons. The van der Waals surface area contributed by atoms with Crippen LogP contribution in [0, 0.1) is 0 Å². The van der Waals surface area contributed by atoms with Crippen molar-refractivity contribution in [3.63, 3.8) is 0 Å². The Morgan fingerprint density at radius 1 is 1.69 bits per heavy atom. The monoisotopic (exact) mass is 280 g/mol. The summed E-state index contributed by atoms with van der Waals surface area (Å²) in [6.45, 7) is 0. The maximum absolute atomic E-state index is 10.2. The summed E-state index contributed by atoms with van der Waals surface area (Å²) in [7, 11) is 0. The van der Waals surface area contributed by atoms with Gasteiger partial charge < -0.3 is 5.11 Å². The molecule has 72 valence electrons. The molecule has 5 heteroatoms. The molecular formula is C8H9BrO2S2. The lowest BCUT2D eigenvalue weighted by Crippen LogP contribution is -1.95. The van der Waals surface area contributed by atoms with Gasteiger partial charge in [0.15, 0.2) is 0 Å². The van der Waals surface area contributed by atoms with Crippen molar-refractivity contribution in [2.24, 2.45) is 0 Å². The molecule has 0 spiro atoms. The van der Waals surface area contributed by atoms with Crippen LogP contribution in [0.25, 0.3) is 0 Å². The van der Waals surface area contributed by atoms with E-state index in [9.17, 15) is 4.79 Å². The van der Waals surface area contributed by atoms with E-state index in [2.05, 4.69) is 27.4 Å². The summed E-state index contributed by atoms with van der Waals surface area (Å²) in [5.41, 5.74) is 1.26. The van der Waals surface area contributed by atoms with Crippen molar-refractivity contribution in [1.82, 2.24) is 0 Å². The Hall–Kier alpha value is -0.000000000000000111. The molecule has 0 aliphatic heterocycles. The van der Waals surface area contributed by atoms with Gasteiger partial charge in [0, 0.05) is 11.5 Å². The number of hydrogen-bond donors (Lipinski definition) is 1. The SMILES string of the molecule is O=C(O)CCSCc1csc(Br)c1. The largest absolute Gasteiger partial charge is 0.481 e. The van der Waals surface area contributed by atoms with Gasteiger partial charge in [-0.3, -0.25) is 4.79 Å². The summed E-state index contributed by atoms with van der Waals surface area (Å²) in [5, 5.41) is 10.5. The number of rotatable bonds is 5. The quantitative estimate of drug-likeness (QED) is 0.842. The van der Waals surface area contributed by atoms with Crippen molar-refractivity contribution in [1.29, 1.82) is 0 Å². The van der Waals surface area contributed by atoms with Gasteiger partial charge >= 0.3 is 5.97 Å². The second kappa shape index (κ2) is 5.67. The van der Waals surface area contributed by atoms with E-state index in [1.165, 1.54) is 5.56 Å². The summed E-state index contributed by atoms with van der Waals surface area (Å²) in [6.07, 6.45) is 0.246. The van der Waals surface area contributed by atoms with Gasteiger partial charge in [-0.05, 0) is 32.9 Å². The molecule has 0 atom stereocenters. The minimum Gasteiger partial charge on any atom is -0.481 e. The number of carboxylic acids is 1. The van der Waals surface area contributed by atoms with Gasteiger partial charge in [-0.15, -0.1) is 11.3 Å². The van der Waals surface area contributed by atoms with Crippen LogP contribution in [0.5, 0.6) is 0 Å². The Morgan fingerprint density at radius 2 is 2.46 bits per heavy atom. The average molecular weight is 281 g/mol. The van der Waals surface area contributed by atoms with Gasteiger partial charge in [-0.2, -0.15) is 11.8 Å². The lowest BCUT2D eigenvalue weighted by atomic mass is 10.4. The van der Waals surface area contributed by atoms with Crippen molar-refractivity contribution in [3.05, 3.63) is 20.8 Å². The zero-order valence-electron chi connectivity index (χ0n) is 6.83. The van der Waals surface area contributed by atoms with Crippen molar-refractivity contribution in [2.45, 2.75) is 12.2 Å². The van der Waals surface area contributed by atoms with E-state index >= 15 is 0 Å². The first-order valence-corrected chi connectivity index (χ1v) is 6.53. The van der Waals surface area contributed by atoms with Crippen LogP contribution in [0.2, 0.25) is 0 Å². The molecule has 2 nitrogen and oxygen atoms in total. The fourth-order valence-electron chi connectivity index (χ4n) is 0.771. The van der Waals surface area contributed by atoms with Crippen LogP contribution >= 0.6 is 39.0 Å². The summed E-state index contributed by atoms with van der Waals surface area (Å²) in [6, 6.07) is 2.07. The van der Waals surface area contributed by atoms with Crippen LogP contribution in [0.15, 0.2) is 15.2 Å². The smallest absolute Gasteiger partial charge is 0.304 e. The van der Waals surface area contributed by atoms with Crippen LogP contribution in [0.3, 0.4) is 0 Å². The van der Waals surface area contributed by atoms with Crippen molar-refractivity contribution in [3.8, 4) is 0 Å².